The van der Waals surface area contributed by atoms with E-state index < -0.39 is 10.0 Å². The maximum Gasteiger partial charge on any atom is 0.227 e. The first-order chi connectivity index (χ1) is 14.4. The predicted octanol–water partition coefficient (Wildman–Crippen LogP) is 3.74. The van der Waals surface area contributed by atoms with Gasteiger partial charge in [-0.25, -0.2) is 12.7 Å². The van der Waals surface area contributed by atoms with Crippen molar-refractivity contribution in [3.8, 4) is 5.75 Å². The highest BCUT2D eigenvalue weighted by Gasteiger charge is 2.31. The second-order valence-corrected chi connectivity index (χ2v) is 9.44. The first-order valence-electron chi connectivity index (χ1n) is 10.1. The van der Waals surface area contributed by atoms with E-state index in [9.17, 15) is 13.2 Å². The Kier molecular flexibility index (Phi) is 7.29. The Morgan fingerprint density at radius 3 is 2.47 bits per heavy atom. The number of nitrogens with one attached hydrogen (secondary N) is 1. The molecule has 160 valence electrons. The van der Waals surface area contributed by atoms with E-state index in [0.29, 0.717) is 44.0 Å². The molecule has 0 aromatic heterocycles. The van der Waals surface area contributed by atoms with Crippen LogP contribution in [0.25, 0.3) is 0 Å². The van der Waals surface area contributed by atoms with Gasteiger partial charge in [0.05, 0.1) is 5.75 Å². The van der Waals surface area contributed by atoms with Gasteiger partial charge in [0.2, 0.25) is 15.9 Å². The molecule has 0 atom stereocenters. The molecule has 2 aromatic rings. The Morgan fingerprint density at radius 1 is 1.17 bits per heavy atom. The minimum atomic E-state index is -3.40. The number of benzene rings is 2. The number of carbonyl (C=O) groups excluding carboxylic acids is 1. The molecule has 1 saturated heterocycles. The first-order valence-corrected chi connectivity index (χ1v) is 11.7. The van der Waals surface area contributed by atoms with E-state index >= 15 is 0 Å². The summed E-state index contributed by atoms with van der Waals surface area (Å²) in [7, 11) is -3.40. The van der Waals surface area contributed by atoms with Crippen molar-refractivity contribution in [2.45, 2.75) is 25.5 Å². The van der Waals surface area contributed by atoms with Gasteiger partial charge in [-0.3, -0.25) is 4.79 Å². The molecule has 0 bridgehead atoms. The third-order valence-electron chi connectivity index (χ3n) is 5.31. The number of aryl methyl sites for hydroxylation is 1. The summed E-state index contributed by atoms with van der Waals surface area (Å²) < 4.78 is 32.5. The Morgan fingerprint density at radius 2 is 1.83 bits per heavy atom. The summed E-state index contributed by atoms with van der Waals surface area (Å²) in [6.45, 7) is 6.67. The van der Waals surface area contributed by atoms with Crippen LogP contribution in [0.1, 0.15) is 24.0 Å². The SMILES string of the molecule is C=CCOc1ccc(NC(=O)C2CCN(S(=O)(=O)Cc3ccccc3C)CC2)cc1. The second-order valence-electron chi connectivity index (χ2n) is 7.47. The molecule has 0 spiro atoms. The van der Waals surface area contributed by atoms with Crippen LogP contribution < -0.4 is 10.1 Å². The van der Waals surface area contributed by atoms with Gasteiger partial charge in [-0.15, -0.1) is 0 Å². The van der Waals surface area contributed by atoms with Gasteiger partial charge >= 0.3 is 0 Å². The minimum Gasteiger partial charge on any atom is -0.490 e. The third kappa shape index (κ3) is 5.70. The van der Waals surface area contributed by atoms with Gasteiger partial charge in [-0.05, 0) is 55.2 Å². The van der Waals surface area contributed by atoms with Gasteiger partial charge in [0, 0.05) is 24.7 Å². The average Bonchev–Trinajstić information content (AvgIpc) is 2.75. The van der Waals surface area contributed by atoms with E-state index in [0.717, 1.165) is 11.1 Å². The van der Waals surface area contributed by atoms with Crippen LogP contribution in [-0.4, -0.2) is 38.3 Å². The molecule has 0 aliphatic carbocycles. The minimum absolute atomic E-state index is 0.00316. The molecule has 3 rings (SSSR count). The van der Waals surface area contributed by atoms with Crippen molar-refractivity contribution in [3.63, 3.8) is 0 Å². The van der Waals surface area contributed by atoms with Crippen molar-refractivity contribution < 1.29 is 17.9 Å². The number of hydrogen-bond donors (Lipinski definition) is 1. The van der Waals surface area contributed by atoms with Gasteiger partial charge < -0.3 is 10.1 Å². The smallest absolute Gasteiger partial charge is 0.227 e. The zero-order chi connectivity index (χ0) is 21.6. The van der Waals surface area contributed by atoms with E-state index in [4.69, 9.17) is 4.74 Å². The van der Waals surface area contributed by atoms with Gasteiger partial charge in [0.15, 0.2) is 0 Å². The van der Waals surface area contributed by atoms with Crippen LogP contribution in [0.5, 0.6) is 5.75 Å². The quantitative estimate of drug-likeness (QED) is 0.650. The summed E-state index contributed by atoms with van der Waals surface area (Å²) in [5.41, 5.74) is 2.48. The van der Waals surface area contributed by atoms with Crippen LogP contribution in [0.2, 0.25) is 0 Å². The van der Waals surface area contributed by atoms with Gasteiger partial charge in [-0.1, -0.05) is 36.9 Å². The summed E-state index contributed by atoms with van der Waals surface area (Å²) >= 11 is 0. The van der Waals surface area contributed by atoms with Crippen molar-refractivity contribution in [1.29, 1.82) is 0 Å². The number of carbonyl (C=O) groups is 1. The number of anilines is 1. The van der Waals surface area contributed by atoms with Crippen molar-refractivity contribution in [2.75, 3.05) is 25.0 Å². The number of rotatable bonds is 8. The molecular formula is C23H28N2O4S. The Bertz CT molecular complexity index is 979. The number of piperidine rings is 1. The van der Waals surface area contributed by atoms with Crippen molar-refractivity contribution >= 4 is 21.6 Å². The second kappa shape index (κ2) is 9.91. The molecule has 1 fully saturated rings. The van der Waals surface area contributed by atoms with E-state index in [-0.39, 0.29) is 17.6 Å². The average molecular weight is 429 g/mol. The fraction of sp³-hybridized carbons (Fsp3) is 0.348. The summed E-state index contributed by atoms with van der Waals surface area (Å²) in [4.78, 5) is 12.6. The van der Waals surface area contributed by atoms with Gasteiger partial charge in [0.25, 0.3) is 0 Å². The molecule has 1 N–H and O–H groups in total. The van der Waals surface area contributed by atoms with Crippen LogP contribution in [0.4, 0.5) is 5.69 Å². The van der Waals surface area contributed by atoms with Crippen molar-refractivity contribution in [2.24, 2.45) is 5.92 Å². The molecule has 30 heavy (non-hydrogen) atoms. The van der Waals surface area contributed by atoms with Crippen molar-refractivity contribution in [1.82, 2.24) is 4.31 Å². The van der Waals surface area contributed by atoms with E-state index in [1.54, 1.807) is 30.3 Å². The normalized spacial score (nSPS) is 15.5. The van der Waals surface area contributed by atoms with E-state index in [2.05, 4.69) is 11.9 Å². The molecule has 7 heteroatoms. The molecule has 0 radical (unpaired) electrons. The van der Waals surface area contributed by atoms with E-state index in [1.807, 2.05) is 31.2 Å². The lowest BCUT2D eigenvalue weighted by atomic mass is 9.97. The molecule has 1 amide bonds. The van der Waals surface area contributed by atoms with Crippen LogP contribution in [-0.2, 0) is 20.6 Å². The van der Waals surface area contributed by atoms with Crippen LogP contribution >= 0.6 is 0 Å². The monoisotopic (exact) mass is 428 g/mol. The summed E-state index contributed by atoms with van der Waals surface area (Å²) in [6, 6.07) is 14.7. The third-order valence-corrected chi connectivity index (χ3v) is 7.13. The van der Waals surface area contributed by atoms with E-state index in [1.165, 1.54) is 4.31 Å². The number of hydrogen-bond acceptors (Lipinski definition) is 4. The van der Waals surface area contributed by atoms with Gasteiger partial charge in [0.1, 0.15) is 12.4 Å². The molecule has 6 nitrogen and oxygen atoms in total. The Hall–Kier alpha value is -2.64. The number of amides is 1. The summed E-state index contributed by atoms with van der Waals surface area (Å²) in [6.07, 6.45) is 2.70. The highest BCUT2D eigenvalue weighted by atomic mass is 32.2. The summed E-state index contributed by atoms with van der Waals surface area (Å²) in [5.74, 6) is 0.425. The first kappa shape index (κ1) is 22.1. The number of nitrogens with zero attached hydrogens (tertiary/aromatic N) is 1. The number of ether oxygens (including phenoxy) is 1. The molecule has 1 aliphatic rings. The Balaban J connectivity index is 1.52. The predicted molar refractivity (Wildman–Crippen MR) is 119 cm³/mol. The molecule has 1 aliphatic heterocycles. The fourth-order valence-electron chi connectivity index (χ4n) is 3.49. The van der Waals surface area contributed by atoms with Crippen LogP contribution in [0.15, 0.2) is 61.2 Å². The maximum atomic E-state index is 12.8. The van der Waals surface area contributed by atoms with Gasteiger partial charge in [-0.2, -0.15) is 0 Å². The topological polar surface area (TPSA) is 75.7 Å². The number of sulfonamides is 1. The maximum absolute atomic E-state index is 12.8. The zero-order valence-corrected chi connectivity index (χ0v) is 18.0. The largest absolute Gasteiger partial charge is 0.490 e. The lowest BCUT2D eigenvalue weighted by Gasteiger charge is -2.30. The fourth-order valence-corrected chi connectivity index (χ4v) is 5.16. The highest BCUT2D eigenvalue weighted by Crippen LogP contribution is 2.24. The Labute approximate surface area is 178 Å². The standard InChI is InChI=1S/C23H28N2O4S/c1-3-16-29-22-10-8-21(9-11-22)24-23(26)19-12-14-25(15-13-19)30(27,28)17-20-7-5-4-6-18(20)2/h3-11,19H,1,12-17H2,2H3,(H,24,26). The zero-order valence-electron chi connectivity index (χ0n) is 17.2. The lowest BCUT2D eigenvalue weighted by molar-refractivity contribution is -0.120. The van der Waals surface area contributed by atoms with Crippen LogP contribution in [0.3, 0.4) is 0 Å². The molecule has 0 saturated carbocycles. The molecule has 2 aromatic carbocycles. The summed E-state index contributed by atoms with van der Waals surface area (Å²) in [5, 5.41) is 2.91. The van der Waals surface area contributed by atoms with Crippen LogP contribution in [0, 0.1) is 12.8 Å². The molecular weight excluding hydrogens is 400 g/mol. The van der Waals surface area contributed by atoms with Crippen molar-refractivity contribution in [3.05, 3.63) is 72.3 Å². The lowest BCUT2D eigenvalue weighted by Crippen LogP contribution is -2.41. The molecule has 1 heterocycles. The highest BCUT2D eigenvalue weighted by molar-refractivity contribution is 7.88. The molecule has 0 unspecified atom stereocenters.